The third kappa shape index (κ3) is 3.20. The van der Waals surface area contributed by atoms with E-state index in [1.165, 1.54) is 17.9 Å². The highest BCUT2D eigenvalue weighted by molar-refractivity contribution is 6.06. The first-order valence-electron chi connectivity index (χ1n) is 9.38. The third-order valence-corrected chi connectivity index (χ3v) is 4.96. The Hall–Kier alpha value is -4.14. The van der Waals surface area contributed by atoms with Crippen LogP contribution in [0.25, 0.3) is 38.9 Å². The second-order valence-corrected chi connectivity index (χ2v) is 6.58. The average molecular weight is 421 g/mol. The van der Waals surface area contributed by atoms with E-state index < -0.39 is 11.5 Å². The van der Waals surface area contributed by atoms with Gasteiger partial charge in [0.05, 0.1) is 42.7 Å². The summed E-state index contributed by atoms with van der Waals surface area (Å²) in [5.41, 5.74) is 2.31. The Morgan fingerprint density at radius 3 is 2.74 bits per heavy atom. The number of hydrogen-bond acceptors (Lipinski definition) is 5. The summed E-state index contributed by atoms with van der Waals surface area (Å²) in [4.78, 5) is 20.1. The summed E-state index contributed by atoms with van der Waals surface area (Å²) in [6.45, 7) is 5.19. The van der Waals surface area contributed by atoms with Crippen LogP contribution in [0.2, 0.25) is 0 Å². The first kappa shape index (κ1) is 20.1. The van der Waals surface area contributed by atoms with E-state index >= 15 is 0 Å². The Morgan fingerprint density at radius 2 is 2.13 bits per heavy atom. The van der Waals surface area contributed by atoms with Gasteiger partial charge in [0.15, 0.2) is 5.83 Å². The Bertz CT molecular complexity index is 1410. The fraction of sp³-hybridized carbons (Fsp3) is 0.136. The van der Waals surface area contributed by atoms with E-state index in [0.29, 0.717) is 27.7 Å². The average Bonchev–Trinajstić information content (AvgIpc) is 3.43. The molecule has 3 heterocycles. The van der Waals surface area contributed by atoms with Crippen molar-refractivity contribution in [3.63, 3.8) is 0 Å². The zero-order valence-corrected chi connectivity index (χ0v) is 17.2. The predicted octanol–water partition coefficient (Wildman–Crippen LogP) is 4.15. The summed E-state index contributed by atoms with van der Waals surface area (Å²) in [6.07, 6.45) is 5.76. The molecular formula is C22H20FN5O3. The highest BCUT2D eigenvalue weighted by Crippen LogP contribution is 2.36. The van der Waals surface area contributed by atoms with Crippen LogP contribution in [-0.4, -0.2) is 39.0 Å². The van der Waals surface area contributed by atoms with Crippen molar-refractivity contribution in [3.8, 4) is 17.0 Å². The topological polar surface area (TPSA) is 97.8 Å². The van der Waals surface area contributed by atoms with Crippen LogP contribution in [-0.2, 0) is 4.74 Å². The first-order chi connectivity index (χ1) is 15.0. The van der Waals surface area contributed by atoms with Gasteiger partial charge in [-0.25, -0.2) is 9.18 Å². The molecule has 0 fully saturated rings. The highest BCUT2D eigenvalue weighted by Gasteiger charge is 2.22. The van der Waals surface area contributed by atoms with Crippen molar-refractivity contribution in [2.45, 2.75) is 6.92 Å². The van der Waals surface area contributed by atoms with E-state index in [2.05, 4.69) is 26.7 Å². The monoisotopic (exact) mass is 421 g/mol. The number of rotatable bonds is 6. The van der Waals surface area contributed by atoms with E-state index in [1.54, 1.807) is 38.4 Å². The molecule has 158 valence electrons. The maximum absolute atomic E-state index is 14.9. The number of H-pyrrole nitrogens is 2. The number of ether oxygens (including phenoxy) is 2. The van der Waals surface area contributed by atoms with E-state index in [9.17, 15) is 9.18 Å². The van der Waals surface area contributed by atoms with Crippen molar-refractivity contribution in [2.24, 2.45) is 0 Å². The number of aromatic amines is 2. The number of methoxy groups -OCH3 is 2. The van der Waals surface area contributed by atoms with Crippen molar-refractivity contribution < 1.29 is 13.9 Å². The van der Waals surface area contributed by atoms with Crippen molar-refractivity contribution in [2.75, 3.05) is 14.2 Å². The van der Waals surface area contributed by atoms with Crippen molar-refractivity contribution in [3.05, 3.63) is 71.4 Å². The number of aromatic nitrogens is 5. The second-order valence-electron chi connectivity index (χ2n) is 6.58. The number of pyridine rings is 1. The van der Waals surface area contributed by atoms with Gasteiger partial charge < -0.3 is 14.5 Å². The Labute approximate surface area is 176 Å². The molecule has 2 N–H and O–H groups in total. The summed E-state index contributed by atoms with van der Waals surface area (Å²) in [7, 11) is 2.97. The predicted molar refractivity (Wildman–Crippen MR) is 117 cm³/mol. The molecule has 0 aliphatic rings. The lowest BCUT2D eigenvalue weighted by molar-refractivity contribution is 0.306. The summed E-state index contributed by atoms with van der Waals surface area (Å²) in [6, 6.07) is 5.38. The van der Waals surface area contributed by atoms with Crippen LogP contribution in [0.5, 0.6) is 5.75 Å². The zero-order chi connectivity index (χ0) is 22.1. The lowest BCUT2D eigenvalue weighted by Crippen LogP contribution is -2.18. The minimum absolute atomic E-state index is 0.0531. The maximum atomic E-state index is 14.9. The van der Waals surface area contributed by atoms with Gasteiger partial charge in [-0.1, -0.05) is 6.58 Å². The smallest absolute Gasteiger partial charge is 0.331 e. The fourth-order valence-corrected chi connectivity index (χ4v) is 3.59. The van der Waals surface area contributed by atoms with Crippen LogP contribution in [0, 0.1) is 0 Å². The number of nitrogens with one attached hydrogen (secondary N) is 2. The minimum atomic E-state index is -0.704. The van der Waals surface area contributed by atoms with Gasteiger partial charge >= 0.3 is 5.69 Å². The molecule has 0 atom stereocenters. The van der Waals surface area contributed by atoms with E-state index in [1.807, 2.05) is 6.07 Å². The van der Waals surface area contributed by atoms with Gasteiger partial charge in [0, 0.05) is 23.2 Å². The van der Waals surface area contributed by atoms with Gasteiger partial charge in [-0.2, -0.15) is 5.10 Å². The molecule has 4 rings (SSSR count). The van der Waals surface area contributed by atoms with Gasteiger partial charge in [-0.05, 0) is 31.2 Å². The van der Waals surface area contributed by atoms with Crippen LogP contribution in [0.3, 0.4) is 0 Å². The van der Waals surface area contributed by atoms with Gasteiger partial charge in [-0.15, -0.1) is 0 Å². The Balaban J connectivity index is 2.17. The molecule has 8 nitrogen and oxygen atoms in total. The molecule has 1 aromatic carbocycles. The maximum Gasteiger partial charge on any atom is 0.331 e. The molecule has 3 aromatic heterocycles. The van der Waals surface area contributed by atoms with Crippen LogP contribution < -0.4 is 10.4 Å². The molecule has 4 aromatic rings. The summed E-state index contributed by atoms with van der Waals surface area (Å²) < 4.78 is 27.0. The second kappa shape index (κ2) is 7.94. The van der Waals surface area contributed by atoms with E-state index in [0.717, 1.165) is 17.3 Å². The van der Waals surface area contributed by atoms with Gasteiger partial charge in [0.2, 0.25) is 0 Å². The van der Waals surface area contributed by atoms with Crippen LogP contribution in [0.4, 0.5) is 4.39 Å². The molecule has 0 spiro atoms. The van der Waals surface area contributed by atoms with Gasteiger partial charge in [-0.3, -0.25) is 14.6 Å². The standard InChI is InChI=1S/C22H20FN5O3/c1-5-14(23)21(18(6-2)30-3)28-20-13-9-12(15-7-8-25-27-15)19(31-4)10-16(13)24-11-17(20)26-22(28)29/h5-11H,1H2,2-4H3,(H,25,27)(H,26,29)/b18-6+,21-14-. The Kier molecular flexibility index (Phi) is 5.16. The molecule has 0 aliphatic heterocycles. The Morgan fingerprint density at radius 1 is 1.32 bits per heavy atom. The summed E-state index contributed by atoms with van der Waals surface area (Å²) >= 11 is 0. The van der Waals surface area contributed by atoms with Crippen molar-refractivity contribution in [1.29, 1.82) is 0 Å². The number of fused-ring (bicyclic) bond motifs is 3. The van der Waals surface area contributed by atoms with Crippen molar-refractivity contribution >= 4 is 27.6 Å². The minimum Gasteiger partial charge on any atom is -0.496 e. The fourth-order valence-electron chi connectivity index (χ4n) is 3.59. The number of halogens is 1. The molecule has 0 amide bonds. The van der Waals surface area contributed by atoms with Crippen molar-refractivity contribution in [1.82, 2.24) is 24.7 Å². The van der Waals surface area contributed by atoms with E-state index in [4.69, 9.17) is 9.47 Å². The van der Waals surface area contributed by atoms with Crippen LogP contribution >= 0.6 is 0 Å². The lowest BCUT2D eigenvalue weighted by atomic mass is 10.1. The van der Waals surface area contributed by atoms with Crippen LogP contribution in [0.1, 0.15) is 6.92 Å². The molecule has 0 unspecified atom stereocenters. The SMILES string of the molecule is C=C/C(F)=C(\C(=C/C)OC)n1c(=O)[nH]c2cnc3cc(OC)c(-c4ccn[nH]4)cc3c21. The van der Waals surface area contributed by atoms with Crippen LogP contribution in [0.15, 0.2) is 65.7 Å². The summed E-state index contributed by atoms with van der Waals surface area (Å²) in [5.74, 6) is 0.0602. The zero-order valence-electron chi connectivity index (χ0n) is 17.2. The number of imidazole rings is 1. The number of nitrogens with zero attached hydrogens (tertiary/aromatic N) is 3. The highest BCUT2D eigenvalue weighted by atomic mass is 19.1. The third-order valence-electron chi connectivity index (χ3n) is 4.96. The number of allylic oxidation sites excluding steroid dienone is 4. The molecule has 0 aliphatic carbocycles. The molecule has 0 bridgehead atoms. The largest absolute Gasteiger partial charge is 0.496 e. The molecule has 31 heavy (non-hydrogen) atoms. The lowest BCUT2D eigenvalue weighted by Gasteiger charge is -2.14. The molecule has 9 heteroatoms. The summed E-state index contributed by atoms with van der Waals surface area (Å²) in [5, 5.41) is 7.52. The molecule has 0 saturated heterocycles. The molecular weight excluding hydrogens is 401 g/mol. The first-order valence-corrected chi connectivity index (χ1v) is 9.38. The van der Waals surface area contributed by atoms with Gasteiger partial charge in [0.1, 0.15) is 17.2 Å². The molecule has 0 saturated carbocycles. The van der Waals surface area contributed by atoms with Gasteiger partial charge in [0.25, 0.3) is 0 Å². The molecule has 0 radical (unpaired) electrons. The number of hydrogen-bond donors (Lipinski definition) is 2. The normalized spacial score (nSPS) is 12.8. The number of benzene rings is 1. The quantitative estimate of drug-likeness (QED) is 0.360. The van der Waals surface area contributed by atoms with E-state index in [-0.39, 0.29) is 11.5 Å².